The molecule has 0 saturated heterocycles. The number of nitrogens with zero attached hydrogens (tertiary/aromatic N) is 1. The third kappa shape index (κ3) is 2.76. The van der Waals surface area contributed by atoms with E-state index in [0.29, 0.717) is 17.7 Å². The molecule has 0 saturated carbocycles. The zero-order valence-electron chi connectivity index (χ0n) is 13.0. The summed E-state index contributed by atoms with van der Waals surface area (Å²) in [5.74, 6) is -0.646. The van der Waals surface area contributed by atoms with Crippen LogP contribution in [0.15, 0.2) is 53.4 Å². The molecule has 1 heterocycles. The Balaban J connectivity index is 2.05. The minimum Gasteiger partial charge on any atom is -0.497 e. The summed E-state index contributed by atoms with van der Waals surface area (Å²) >= 11 is 0. The molecule has 2 aromatic rings. The van der Waals surface area contributed by atoms with E-state index in [4.69, 9.17) is 4.74 Å². The monoisotopic (exact) mass is 347 g/mol. The highest BCUT2D eigenvalue weighted by molar-refractivity contribution is 7.89. The maximum atomic E-state index is 12.9. The number of aliphatic carboxylic acids is 1. The molecule has 6 nitrogen and oxygen atoms in total. The first-order chi connectivity index (χ1) is 11.4. The molecule has 0 fully saturated rings. The van der Waals surface area contributed by atoms with Crippen molar-refractivity contribution in [3.05, 3.63) is 59.7 Å². The highest BCUT2D eigenvalue weighted by Crippen LogP contribution is 2.34. The van der Waals surface area contributed by atoms with E-state index in [1.165, 1.54) is 19.2 Å². The van der Waals surface area contributed by atoms with Gasteiger partial charge in [-0.3, -0.25) is 4.79 Å². The van der Waals surface area contributed by atoms with E-state index in [1.54, 1.807) is 24.3 Å². The van der Waals surface area contributed by atoms with Gasteiger partial charge in [-0.25, -0.2) is 8.42 Å². The van der Waals surface area contributed by atoms with Gasteiger partial charge >= 0.3 is 5.97 Å². The average Bonchev–Trinajstić information content (AvgIpc) is 2.60. The molecule has 7 heteroatoms. The largest absolute Gasteiger partial charge is 0.497 e. The minimum absolute atomic E-state index is 0.0499. The van der Waals surface area contributed by atoms with E-state index in [1.807, 2.05) is 12.1 Å². The number of carboxylic acid groups (broad SMARTS) is 1. The fraction of sp³-hybridized carbons (Fsp3) is 0.235. The van der Waals surface area contributed by atoms with E-state index >= 15 is 0 Å². The number of methoxy groups -OCH3 is 1. The normalized spacial score (nSPS) is 18.0. The lowest BCUT2D eigenvalue weighted by molar-refractivity contribution is -0.142. The van der Waals surface area contributed by atoms with E-state index < -0.39 is 22.0 Å². The molecule has 0 radical (unpaired) electrons. The molecule has 126 valence electrons. The number of ether oxygens (including phenoxy) is 1. The van der Waals surface area contributed by atoms with Gasteiger partial charge in [0.15, 0.2) is 0 Å². The van der Waals surface area contributed by atoms with Crippen LogP contribution in [-0.4, -0.2) is 37.5 Å². The van der Waals surface area contributed by atoms with E-state index in [-0.39, 0.29) is 11.4 Å². The van der Waals surface area contributed by atoms with Crippen molar-refractivity contribution in [3.63, 3.8) is 0 Å². The lowest BCUT2D eigenvalue weighted by Crippen LogP contribution is -2.43. The molecule has 0 spiro atoms. The third-order valence-corrected chi connectivity index (χ3v) is 6.02. The van der Waals surface area contributed by atoms with Crippen molar-refractivity contribution in [2.75, 3.05) is 13.7 Å². The molecule has 0 amide bonds. The van der Waals surface area contributed by atoms with Crippen LogP contribution in [0, 0.1) is 0 Å². The second kappa shape index (κ2) is 6.26. The number of sulfonamides is 1. The lowest BCUT2D eigenvalue weighted by atomic mass is 9.94. The quantitative estimate of drug-likeness (QED) is 0.915. The molecule has 0 bridgehead atoms. The lowest BCUT2D eigenvalue weighted by Gasteiger charge is -2.33. The number of fused-ring (bicyclic) bond motifs is 1. The Labute approximate surface area is 140 Å². The molecule has 1 aliphatic rings. The van der Waals surface area contributed by atoms with Crippen molar-refractivity contribution >= 4 is 16.0 Å². The Hall–Kier alpha value is -2.38. The predicted molar refractivity (Wildman–Crippen MR) is 87.4 cm³/mol. The zero-order chi connectivity index (χ0) is 17.3. The summed E-state index contributed by atoms with van der Waals surface area (Å²) in [5.41, 5.74) is 1.39. The van der Waals surface area contributed by atoms with Crippen LogP contribution in [0.1, 0.15) is 17.2 Å². The first-order valence-electron chi connectivity index (χ1n) is 7.41. The zero-order valence-corrected chi connectivity index (χ0v) is 13.9. The smallest absolute Gasteiger partial charge is 0.326 e. The number of rotatable bonds is 4. The minimum atomic E-state index is -3.93. The average molecular weight is 347 g/mol. The molecule has 1 aliphatic heterocycles. The van der Waals surface area contributed by atoms with Gasteiger partial charge in [0.1, 0.15) is 11.8 Å². The van der Waals surface area contributed by atoms with Gasteiger partial charge in [0.25, 0.3) is 0 Å². The van der Waals surface area contributed by atoms with Crippen molar-refractivity contribution in [3.8, 4) is 5.75 Å². The van der Waals surface area contributed by atoms with Crippen molar-refractivity contribution < 1.29 is 23.1 Å². The topological polar surface area (TPSA) is 83.9 Å². The predicted octanol–water partition coefficient (Wildman–Crippen LogP) is 2.07. The van der Waals surface area contributed by atoms with Crippen molar-refractivity contribution in [1.29, 1.82) is 0 Å². The fourth-order valence-corrected chi connectivity index (χ4v) is 4.51. The molecule has 1 atom stereocenters. The van der Waals surface area contributed by atoms with E-state index in [0.717, 1.165) is 9.87 Å². The van der Waals surface area contributed by atoms with E-state index in [2.05, 4.69) is 0 Å². The maximum absolute atomic E-state index is 12.9. The van der Waals surface area contributed by atoms with Crippen LogP contribution in [-0.2, 0) is 21.2 Å². The number of hydrogen-bond acceptors (Lipinski definition) is 4. The van der Waals surface area contributed by atoms with Gasteiger partial charge in [0.2, 0.25) is 10.0 Å². The molecular formula is C17H17NO5S. The summed E-state index contributed by atoms with van der Waals surface area (Å²) < 4.78 is 32.0. The van der Waals surface area contributed by atoms with Crippen LogP contribution >= 0.6 is 0 Å². The first-order valence-corrected chi connectivity index (χ1v) is 8.85. The standard InChI is InChI=1S/C17H17NO5S/c1-23-13-6-8-14(9-7-13)24(21,22)18-11-10-12-4-2-3-5-15(12)16(18)17(19)20/h2-9,16H,10-11H2,1H3,(H,19,20). The number of carboxylic acids is 1. The highest BCUT2D eigenvalue weighted by atomic mass is 32.2. The highest BCUT2D eigenvalue weighted by Gasteiger charge is 2.40. The summed E-state index contributed by atoms with van der Waals surface area (Å²) in [6, 6.07) is 11.8. The van der Waals surface area contributed by atoms with Crippen molar-refractivity contribution in [2.24, 2.45) is 0 Å². The summed E-state index contributed by atoms with van der Waals surface area (Å²) in [4.78, 5) is 11.8. The van der Waals surface area contributed by atoms with Gasteiger partial charge in [0.05, 0.1) is 12.0 Å². The van der Waals surface area contributed by atoms with Gasteiger partial charge in [-0.05, 0) is 41.8 Å². The van der Waals surface area contributed by atoms with Crippen LogP contribution in [0.2, 0.25) is 0 Å². The molecular weight excluding hydrogens is 330 g/mol. The Bertz CT molecular complexity index is 861. The fourth-order valence-electron chi connectivity index (χ4n) is 2.94. The van der Waals surface area contributed by atoms with Crippen LogP contribution < -0.4 is 4.74 Å². The number of benzene rings is 2. The molecule has 2 aromatic carbocycles. The maximum Gasteiger partial charge on any atom is 0.326 e. The first kappa shape index (κ1) is 16.5. The Morgan fingerprint density at radius 1 is 1.17 bits per heavy atom. The third-order valence-electron chi connectivity index (χ3n) is 4.14. The molecule has 0 aliphatic carbocycles. The molecule has 1 N–H and O–H groups in total. The number of carbonyl (C=O) groups is 1. The summed E-state index contributed by atoms with van der Waals surface area (Å²) in [5, 5.41) is 9.62. The van der Waals surface area contributed by atoms with Crippen molar-refractivity contribution in [2.45, 2.75) is 17.4 Å². The van der Waals surface area contributed by atoms with Gasteiger partial charge in [-0.1, -0.05) is 24.3 Å². The second-order valence-corrected chi connectivity index (χ2v) is 7.37. The van der Waals surface area contributed by atoms with Gasteiger partial charge in [-0.2, -0.15) is 4.31 Å². The molecule has 0 aromatic heterocycles. The Morgan fingerprint density at radius 3 is 2.46 bits per heavy atom. The van der Waals surface area contributed by atoms with Crippen LogP contribution in [0.25, 0.3) is 0 Å². The van der Waals surface area contributed by atoms with Gasteiger partial charge in [0, 0.05) is 6.54 Å². The summed E-state index contributed by atoms with van der Waals surface area (Å²) in [7, 11) is -2.44. The molecule has 3 rings (SSSR count). The number of hydrogen-bond donors (Lipinski definition) is 1. The van der Waals surface area contributed by atoms with Crippen molar-refractivity contribution in [1.82, 2.24) is 4.31 Å². The Kier molecular flexibility index (Phi) is 4.29. The molecule has 24 heavy (non-hydrogen) atoms. The van der Waals surface area contributed by atoms with Crippen LogP contribution in [0.4, 0.5) is 0 Å². The summed E-state index contributed by atoms with van der Waals surface area (Å²) in [6.45, 7) is 0.127. The van der Waals surface area contributed by atoms with E-state index in [9.17, 15) is 18.3 Å². The Morgan fingerprint density at radius 2 is 1.83 bits per heavy atom. The van der Waals surface area contributed by atoms with Gasteiger partial charge < -0.3 is 9.84 Å². The summed E-state index contributed by atoms with van der Waals surface area (Å²) in [6.07, 6.45) is 0.481. The second-order valence-electron chi connectivity index (χ2n) is 5.48. The molecule has 1 unspecified atom stereocenters. The van der Waals surface area contributed by atoms with Gasteiger partial charge in [-0.15, -0.1) is 0 Å². The SMILES string of the molecule is COc1ccc(S(=O)(=O)N2CCc3ccccc3C2C(=O)O)cc1. The van der Waals surface area contributed by atoms with Crippen LogP contribution in [0.3, 0.4) is 0 Å². The van der Waals surface area contributed by atoms with Crippen LogP contribution in [0.5, 0.6) is 5.75 Å².